The summed E-state index contributed by atoms with van der Waals surface area (Å²) in [5, 5.41) is 8.83. The average molecular weight is 225 g/mol. The Labute approximate surface area is 99.3 Å². The van der Waals surface area contributed by atoms with Crippen molar-refractivity contribution in [3.8, 4) is 17.6 Å². The molecule has 17 heavy (non-hydrogen) atoms. The fourth-order valence-corrected chi connectivity index (χ4v) is 1.38. The Morgan fingerprint density at radius 3 is 2.82 bits per heavy atom. The molecule has 0 saturated carbocycles. The number of hydrogen-bond donors (Lipinski definition) is 1. The highest BCUT2D eigenvalue weighted by atomic mass is 16.5. The second kappa shape index (κ2) is 4.54. The first kappa shape index (κ1) is 11.0. The molecule has 0 radical (unpaired) electrons. The third kappa shape index (κ3) is 2.34. The first-order chi connectivity index (χ1) is 8.20. The molecule has 0 bridgehead atoms. The molecule has 0 atom stereocenters. The number of benzene rings is 1. The molecule has 2 N–H and O–H groups in total. The average Bonchev–Trinajstić information content (AvgIpc) is 2.35. The van der Waals surface area contributed by atoms with E-state index >= 15 is 0 Å². The summed E-state index contributed by atoms with van der Waals surface area (Å²) in [6, 6.07) is 9.04. The molecule has 1 heterocycles. The van der Waals surface area contributed by atoms with Gasteiger partial charge in [0.25, 0.3) is 0 Å². The van der Waals surface area contributed by atoms with Crippen LogP contribution in [0.15, 0.2) is 36.7 Å². The summed E-state index contributed by atoms with van der Waals surface area (Å²) in [7, 11) is 0. The second-order valence-corrected chi connectivity index (χ2v) is 3.61. The van der Waals surface area contributed by atoms with Crippen molar-refractivity contribution in [2.75, 3.05) is 5.73 Å². The zero-order valence-electron chi connectivity index (χ0n) is 9.34. The van der Waals surface area contributed by atoms with Gasteiger partial charge in [0.05, 0.1) is 23.5 Å². The van der Waals surface area contributed by atoms with Crippen LogP contribution in [0.2, 0.25) is 0 Å². The Morgan fingerprint density at radius 2 is 2.12 bits per heavy atom. The summed E-state index contributed by atoms with van der Waals surface area (Å²) in [6.45, 7) is 1.91. The van der Waals surface area contributed by atoms with Crippen LogP contribution in [0.4, 0.5) is 5.69 Å². The van der Waals surface area contributed by atoms with Crippen LogP contribution < -0.4 is 10.5 Å². The fraction of sp³-hybridized carbons (Fsp3) is 0.0769. The zero-order valence-corrected chi connectivity index (χ0v) is 9.34. The maximum Gasteiger partial charge on any atom is 0.153 e. The number of ether oxygens (including phenoxy) is 1. The van der Waals surface area contributed by atoms with Crippen LogP contribution >= 0.6 is 0 Å². The SMILES string of the molecule is Cc1ccc(C#N)cc1Oc1ccncc1N. The number of pyridine rings is 1. The van der Waals surface area contributed by atoms with Gasteiger partial charge < -0.3 is 10.5 Å². The molecule has 0 aliphatic carbocycles. The summed E-state index contributed by atoms with van der Waals surface area (Å²) in [4.78, 5) is 3.89. The smallest absolute Gasteiger partial charge is 0.153 e. The topological polar surface area (TPSA) is 71.9 Å². The summed E-state index contributed by atoms with van der Waals surface area (Å²) in [5.41, 5.74) is 7.70. The van der Waals surface area contributed by atoms with Gasteiger partial charge in [-0.05, 0) is 24.6 Å². The molecule has 1 aromatic heterocycles. The maximum absolute atomic E-state index is 8.83. The predicted octanol–water partition coefficient (Wildman–Crippen LogP) is 2.64. The molecule has 0 saturated heterocycles. The molecule has 84 valence electrons. The van der Waals surface area contributed by atoms with Crippen LogP contribution in [-0.4, -0.2) is 4.98 Å². The van der Waals surface area contributed by atoms with E-state index in [9.17, 15) is 0 Å². The Kier molecular flexibility index (Phi) is 2.93. The van der Waals surface area contributed by atoms with Crippen LogP contribution in [-0.2, 0) is 0 Å². The number of nitrogens with two attached hydrogens (primary N) is 1. The molecule has 0 unspecified atom stereocenters. The van der Waals surface area contributed by atoms with Gasteiger partial charge in [-0.1, -0.05) is 6.07 Å². The van der Waals surface area contributed by atoms with E-state index in [1.165, 1.54) is 6.20 Å². The summed E-state index contributed by atoms with van der Waals surface area (Å²) >= 11 is 0. The Balaban J connectivity index is 2.37. The van der Waals surface area contributed by atoms with Gasteiger partial charge in [-0.3, -0.25) is 4.98 Å². The van der Waals surface area contributed by atoms with Crippen molar-refractivity contribution in [3.63, 3.8) is 0 Å². The van der Waals surface area contributed by atoms with Gasteiger partial charge in [-0.25, -0.2) is 0 Å². The first-order valence-electron chi connectivity index (χ1n) is 5.09. The van der Waals surface area contributed by atoms with E-state index in [2.05, 4.69) is 11.1 Å². The van der Waals surface area contributed by atoms with Crippen molar-refractivity contribution in [1.29, 1.82) is 5.26 Å². The molecule has 0 aliphatic rings. The molecule has 1 aromatic carbocycles. The van der Waals surface area contributed by atoms with Crippen molar-refractivity contribution in [2.45, 2.75) is 6.92 Å². The number of nitrogens with zero attached hydrogens (tertiary/aromatic N) is 2. The molecule has 4 nitrogen and oxygen atoms in total. The van der Waals surface area contributed by atoms with Crippen molar-refractivity contribution in [3.05, 3.63) is 47.8 Å². The largest absolute Gasteiger partial charge is 0.455 e. The standard InChI is InChI=1S/C13H11N3O/c1-9-2-3-10(7-14)6-13(9)17-12-4-5-16-8-11(12)15/h2-6,8H,15H2,1H3. The van der Waals surface area contributed by atoms with Crippen LogP contribution in [0.25, 0.3) is 0 Å². The first-order valence-corrected chi connectivity index (χ1v) is 5.09. The summed E-state index contributed by atoms with van der Waals surface area (Å²) in [6.07, 6.45) is 3.13. The van der Waals surface area contributed by atoms with E-state index in [1.54, 1.807) is 24.4 Å². The van der Waals surface area contributed by atoms with E-state index in [-0.39, 0.29) is 0 Å². The van der Waals surface area contributed by atoms with Gasteiger partial charge in [0.1, 0.15) is 5.75 Å². The normalized spacial score (nSPS) is 9.65. The van der Waals surface area contributed by atoms with Crippen molar-refractivity contribution in [1.82, 2.24) is 4.98 Å². The molecule has 2 rings (SSSR count). The van der Waals surface area contributed by atoms with E-state index in [4.69, 9.17) is 15.7 Å². The second-order valence-electron chi connectivity index (χ2n) is 3.61. The van der Waals surface area contributed by atoms with Crippen molar-refractivity contribution in [2.24, 2.45) is 0 Å². The van der Waals surface area contributed by atoms with Crippen LogP contribution in [0.3, 0.4) is 0 Å². The number of hydrogen-bond acceptors (Lipinski definition) is 4. The van der Waals surface area contributed by atoms with E-state index in [1.807, 2.05) is 13.0 Å². The minimum atomic E-state index is 0.467. The van der Waals surface area contributed by atoms with Gasteiger partial charge in [-0.15, -0.1) is 0 Å². The van der Waals surface area contributed by atoms with E-state index in [0.29, 0.717) is 22.7 Å². The molecule has 2 aromatic rings. The van der Waals surface area contributed by atoms with E-state index < -0.39 is 0 Å². The van der Waals surface area contributed by atoms with Gasteiger partial charge in [0, 0.05) is 12.3 Å². The number of rotatable bonds is 2. The molecule has 0 aliphatic heterocycles. The lowest BCUT2D eigenvalue weighted by molar-refractivity contribution is 0.480. The van der Waals surface area contributed by atoms with Gasteiger partial charge in [0.15, 0.2) is 5.75 Å². The molecule has 0 fully saturated rings. The minimum absolute atomic E-state index is 0.467. The van der Waals surface area contributed by atoms with Crippen LogP contribution in [0.5, 0.6) is 11.5 Å². The van der Waals surface area contributed by atoms with Gasteiger partial charge >= 0.3 is 0 Å². The summed E-state index contributed by atoms with van der Waals surface area (Å²) in [5.74, 6) is 1.17. The van der Waals surface area contributed by atoms with Gasteiger partial charge in [-0.2, -0.15) is 5.26 Å². The molecular weight excluding hydrogens is 214 g/mol. The summed E-state index contributed by atoms with van der Waals surface area (Å²) < 4.78 is 5.67. The van der Waals surface area contributed by atoms with Gasteiger partial charge in [0.2, 0.25) is 0 Å². The number of nitrogen functional groups attached to an aromatic ring is 1. The minimum Gasteiger partial charge on any atom is -0.455 e. The lowest BCUT2D eigenvalue weighted by Gasteiger charge is -2.10. The highest BCUT2D eigenvalue weighted by molar-refractivity contribution is 5.53. The highest BCUT2D eigenvalue weighted by Crippen LogP contribution is 2.29. The molecule has 0 spiro atoms. The Hall–Kier alpha value is -2.54. The monoisotopic (exact) mass is 225 g/mol. The molecule has 4 heteroatoms. The van der Waals surface area contributed by atoms with Crippen molar-refractivity contribution < 1.29 is 4.74 Å². The molecule has 0 amide bonds. The Bertz CT molecular complexity index is 587. The number of aromatic nitrogens is 1. The fourth-order valence-electron chi connectivity index (χ4n) is 1.38. The maximum atomic E-state index is 8.83. The zero-order chi connectivity index (χ0) is 12.3. The predicted molar refractivity (Wildman–Crippen MR) is 64.6 cm³/mol. The number of nitriles is 1. The third-order valence-corrected chi connectivity index (χ3v) is 2.35. The lowest BCUT2D eigenvalue weighted by Crippen LogP contribution is -1.94. The third-order valence-electron chi connectivity index (χ3n) is 2.35. The number of aryl methyl sites for hydroxylation is 1. The van der Waals surface area contributed by atoms with Crippen molar-refractivity contribution >= 4 is 5.69 Å². The molecular formula is C13H11N3O. The Morgan fingerprint density at radius 1 is 1.29 bits per heavy atom. The van der Waals surface area contributed by atoms with Crippen LogP contribution in [0.1, 0.15) is 11.1 Å². The quantitative estimate of drug-likeness (QED) is 0.852. The van der Waals surface area contributed by atoms with Crippen LogP contribution in [0, 0.1) is 18.3 Å². The van der Waals surface area contributed by atoms with E-state index in [0.717, 1.165) is 5.56 Å². The highest BCUT2D eigenvalue weighted by Gasteiger charge is 2.05. The lowest BCUT2D eigenvalue weighted by atomic mass is 10.1. The number of anilines is 1.